The molecule has 2 nitrogen and oxygen atoms in total. The summed E-state index contributed by atoms with van der Waals surface area (Å²) in [7, 11) is 0. The van der Waals surface area contributed by atoms with Gasteiger partial charge in [0.15, 0.2) is 0 Å². The summed E-state index contributed by atoms with van der Waals surface area (Å²) in [5, 5.41) is 0. The van der Waals surface area contributed by atoms with E-state index in [1.54, 1.807) is 0 Å². The fourth-order valence-electron chi connectivity index (χ4n) is 2.63. The molecule has 14 heavy (non-hydrogen) atoms. The van der Waals surface area contributed by atoms with Gasteiger partial charge in [-0.25, -0.2) is 0 Å². The highest BCUT2D eigenvalue weighted by molar-refractivity contribution is 5.81. The van der Waals surface area contributed by atoms with E-state index in [2.05, 4.69) is 0 Å². The first-order valence-corrected chi connectivity index (χ1v) is 6.00. The normalized spacial score (nSPS) is 28.4. The summed E-state index contributed by atoms with van der Waals surface area (Å²) in [6.07, 6.45) is 9.27. The van der Waals surface area contributed by atoms with Crippen molar-refractivity contribution in [2.24, 2.45) is 5.92 Å². The molecule has 2 aliphatic rings. The van der Waals surface area contributed by atoms with E-state index in [1.165, 1.54) is 19.3 Å². The lowest BCUT2D eigenvalue weighted by molar-refractivity contribution is -0.123. The summed E-state index contributed by atoms with van der Waals surface area (Å²) < 4.78 is 5.51. The van der Waals surface area contributed by atoms with E-state index in [-0.39, 0.29) is 0 Å². The molecule has 0 aromatic carbocycles. The van der Waals surface area contributed by atoms with Crippen LogP contribution in [0.25, 0.3) is 0 Å². The Labute approximate surface area is 86.0 Å². The summed E-state index contributed by atoms with van der Waals surface area (Å²) in [6.45, 7) is 0.905. The average molecular weight is 196 g/mol. The zero-order valence-electron chi connectivity index (χ0n) is 8.84. The molecule has 1 saturated heterocycles. The number of carbonyl (C=O) groups is 1. The molecule has 0 N–H and O–H groups in total. The fraction of sp³-hybridized carbons (Fsp3) is 0.917. The summed E-state index contributed by atoms with van der Waals surface area (Å²) in [4.78, 5) is 11.7. The number of rotatable bonds is 4. The van der Waals surface area contributed by atoms with E-state index in [9.17, 15) is 4.79 Å². The van der Waals surface area contributed by atoms with Crippen molar-refractivity contribution in [3.05, 3.63) is 0 Å². The fourth-order valence-corrected chi connectivity index (χ4v) is 2.63. The third-order valence-electron chi connectivity index (χ3n) is 3.55. The SMILES string of the molecule is O=C(CCC1CCCO1)C1CCCC1. The van der Waals surface area contributed by atoms with Gasteiger partial charge in [0.2, 0.25) is 0 Å². The molecule has 1 aliphatic carbocycles. The number of hydrogen-bond donors (Lipinski definition) is 0. The second-order valence-electron chi connectivity index (χ2n) is 4.62. The molecule has 0 aromatic heterocycles. The summed E-state index contributed by atoms with van der Waals surface area (Å²) in [5.74, 6) is 0.898. The molecule has 0 radical (unpaired) electrons. The lowest BCUT2D eigenvalue weighted by Crippen LogP contribution is -2.14. The zero-order chi connectivity index (χ0) is 9.80. The van der Waals surface area contributed by atoms with Crippen molar-refractivity contribution < 1.29 is 9.53 Å². The second-order valence-corrected chi connectivity index (χ2v) is 4.62. The maximum Gasteiger partial charge on any atom is 0.136 e. The van der Waals surface area contributed by atoms with Crippen LogP contribution in [-0.2, 0) is 9.53 Å². The van der Waals surface area contributed by atoms with Gasteiger partial charge in [0, 0.05) is 18.9 Å². The third-order valence-corrected chi connectivity index (χ3v) is 3.55. The van der Waals surface area contributed by atoms with Gasteiger partial charge < -0.3 is 4.74 Å². The predicted octanol–water partition coefficient (Wildman–Crippen LogP) is 2.70. The van der Waals surface area contributed by atoms with Crippen LogP contribution in [-0.4, -0.2) is 18.5 Å². The largest absolute Gasteiger partial charge is 0.378 e. The van der Waals surface area contributed by atoms with E-state index in [1.807, 2.05) is 0 Å². The van der Waals surface area contributed by atoms with Crippen LogP contribution in [0.15, 0.2) is 0 Å². The van der Waals surface area contributed by atoms with Crippen molar-refractivity contribution in [1.29, 1.82) is 0 Å². The van der Waals surface area contributed by atoms with E-state index in [0.717, 1.165) is 38.7 Å². The molecule has 2 fully saturated rings. The summed E-state index contributed by atoms with van der Waals surface area (Å²) in [6, 6.07) is 0. The van der Waals surface area contributed by atoms with Gasteiger partial charge >= 0.3 is 0 Å². The Morgan fingerprint density at radius 3 is 2.57 bits per heavy atom. The highest BCUT2D eigenvalue weighted by Gasteiger charge is 2.24. The van der Waals surface area contributed by atoms with Crippen LogP contribution in [0.2, 0.25) is 0 Å². The van der Waals surface area contributed by atoms with Crippen LogP contribution in [0.4, 0.5) is 0 Å². The molecule has 2 rings (SSSR count). The van der Waals surface area contributed by atoms with Crippen LogP contribution in [0.5, 0.6) is 0 Å². The van der Waals surface area contributed by atoms with Gasteiger partial charge in [-0.3, -0.25) is 4.79 Å². The molecule has 1 heterocycles. The number of Topliss-reactive ketones (excluding diaryl/α,β-unsaturated/α-hetero) is 1. The van der Waals surface area contributed by atoms with Crippen molar-refractivity contribution >= 4 is 5.78 Å². The molecule has 1 saturated carbocycles. The minimum atomic E-state index is 0.389. The molecule has 0 bridgehead atoms. The van der Waals surface area contributed by atoms with Gasteiger partial charge in [0.25, 0.3) is 0 Å². The quantitative estimate of drug-likeness (QED) is 0.691. The minimum absolute atomic E-state index is 0.389. The Morgan fingerprint density at radius 1 is 1.14 bits per heavy atom. The highest BCUT2D eigenvalue weighted by Crippen LogP contribution is 2.27. The van der Waals surface area contributed by atoms with Crippen molar-refractivity contribution in [1.82, 2.24) is 0 Å². The first-order chi connectivity index (χ1) is 6.86. The molecule has 1 unspecified atom stereocenters. The minimum Gasteiger partial charge on any atom is -0.378 e. The summed E-state index contributed by atoms with van der Waals surface area (Å²) in [5.41, 5.74) is 0. The van der Waals surface area contributed by atoms with Gasteiger partial charge in [0.05, 0.1) is 6.10 Å². The number of ketones is 1. The second kappa shape index (κ2) is 4.92. The van der Waals surface area contributed by atoms with Crippen LogP contribution in [0.3, 0.4) is 0 Å². The van der Waals surface area contributed by atoms with Gasteiger partial charge in [0.1, 0.15) is 5.78 Å². The third kappa shape index (κ3) is 2.57. The molecule has 1 atom stereocenters. The maximum absolute atomic E-state index is 11.7. The highest BCUT2D eigenvalue weighted by atomic mass is 16.5. The molecule has 1 aliphatic heterocycles. The van der Waals surface area contributed by atoms with Crippen molar-refractivity contribution in [3.8, 4) is 0 Å². The van der Waals surface area contributed by atoms with Gasteiger partial charge in [-0.05, 0) is 32.1 Å². The van der Waals surface area contributed by atoms with E-state index < -0.39 is 0 Å². The van der Waals surface area contributed by atoms with Gasteiger partial charge in [-0.1, -0.05) is 12.8 Å². The monoisotopic (exact) mass is 196 g/mol. The Balaban J connectivity index is 1.66. The molecule has 2 heteroatoms. The zero-order valence-corrected chi connectivity index (χ0v) is 8.84. The lowest BCUT2D eigenvalue weighted by Gasteiger charge is -2.11. The number of ether oxygens (including phenoxy) is 1. The van der Waals surface area contributed by atoms with Crippen molar-refractivity contribution in [2.45, 2.75) is 57.5 Å². The number of carbonyl (C=O) groups excluding carboxylic acids is 1. The molecule has 80 valence electrons. The molecule has 0 spiro atoms. The maximum atomic E-state index is 11.7. The molecular formula is C12H20O2. The van der Waals surface area contributed by atoms with E-state index in [0.29, 0.717) is 17.8 Å². The van der Waals surface area contributed by atoms with Crippen molar-refractivity contribution in [2.75, 3.05) is 6.61 Å². The van der Waals surface area contributed by atoms with Gasteiger partial charge in [-0.15, -0.1) is 0 Å². The van der Waals surface area contributed by atoms with Crippen molar-refractivity contribution in [3.63, 3.8) is 0 Å². The lowest BCUT2D eigenvalue weighted by atomic mass is 9.97. The van der Waals surface area contributed by atoms with Gasteiger partial charge in [-0.2, -0.15) is 0 Å². The molecule has 0 aromatic rings. The Kier molecular flexibility index (Phi) is 3.57. The molecular weight excluding hydrogens is 176 g/mol. The average Bonchev–Trinajstić information content (AvgIpc) is 2.87. The van der Waals surface area contributed by atoms with Crippen LogP contribution in [0.1, 0.15) is 51.4 Å². The predicted molar refractivity (Wildman–Crippen MR) is 55.2 cm³/mol. The topological polar surface area (TPSA) is 26.3 Å². The summed E-state index contributed by atoms with van der Waals surface area (Å²) >= 11 is 0. The Bertz CT molecular complexity index is 188. The van der Waals surface area contributed by atoms with E-state index >= 15 is 0 Å². The number of hydrogen-bond acceptors (Lipinski definition) is 2. The molecule has 0 amide bonds. The van der Waals surface area contributed by atoms with Crippen LogP contribution in [0, 0.1) is 5.92 Å². The first kappa shape index (κ1) is 10.2. The Hall–Kier alpha value is -0.370. The Morgan fingerprint density at radius 2 is 1.93 bits per heavy atom. The standard InChI is InChI=1S/C12H20O2/c13-12(10-4-1-2-5-10)8-7-11-6-3-9-14-11/h10-11H,1-9H2. The smallest absolute Gasteiger partial charge is 0.136 e. The van der Waals surface area contributed by atoms with Crippen LogP contribution >= 0.6 is 0 Å². The first-order valence-electron chi connectivity index (χ1n) is 6.00. The van der Waals surface area contributed by atoms with Crippen LogP contribution < -0.4 is 0 Å². The van der Waals surface area contributed by atoms with E-state index in [4.69, 9.17) is 4.74 Å².